The maximum Gasteiger partial charge on any atom is 0.248 e. The summed E-state index contributed by atoms with van der Waals surface area (Å²) in [6.45, 7) is 1.30. The van der Waals surface area contributed by atoms with E-state index in [4.69, 9.17) is 9.47 Å². The molecule has 0 atom stereocenters. The van der Waals surface area contributed by atoms with Crippen molar-refractivity contribution < 1.29 is 22.7 Å². The standard InChI is InChI=1S/C27H26N2O5S/c1-33-25-10-6-19(16-26(25)35(31,32)29-12-14-34-15-13-29)7-11-27(30)28-22-8-9-24-21(18-22)17-20-4-2-3-5-23(20)24/h2-11,16,18H,12-15,17H2,1H3,(H,28,30)/b11-7+. The van der Waals surface area contributed by atoms with Crippen LogP contribution in [0.15, 0.2) is 71.6 Å². The van der Waals surface area contributed by atoms with Crippen molar-refractivity contribution in [1.82, 2.24) is 4.31 Å². The van der Waals surface area contributed by atoms with Crippen LogP contribution >= 0.6 is 0 Å². The van der Waals surface area contributed by atoms with Crippen LogP contribution in [0.25, 0.3) is 17.2 Å². The predicted octanol–water partition coefficient (Wildman–Crippen LogP) is 3.94. The molecule has 1 heterocycles. The summed E-state index contributed by atoms with van der Waals surface area (Å²) in [6.07, 6.45) is 3.84. The third-order valence-electron chi connectivity index (χ3n) is 6.26. The molecule has 0 aromatic heterocycles. The number of nitrogens with zero attached hydrogens (tertiary/aromatic N) is 1. The molecule has 2 aliphatic rings. The highest BCUT2D eigenvalue weighted by Crippen LogP contribution is 2.37. The second-order valence-corrected chi connectivity index (χ2v) is 10.4. The Hall–Kier alpha value is -3.46. The molecular weight excluding hydrogens is 464 g/mol. The quantitative estimate of drug-likeness (QED) is 0.414. The topological polar surface area (TPSA) is 84.9 Å². The van der Waals surface area contributed by atoms with Crippen LogP contribution in [0.1, 0.15) is 16.7 Å². The lowest BCUT2D eigenvalue weighted by atomic mass is 10.1. The lowest BCUT2D eigenvalue weighted by Gasteiger charge is -2.26. The van der Waals surface area contributed by atoms with Crippen LogP contribution < -0.4 is 10.1 Å². The molecule has 8 heteroatoms. The highest BCUT2D eigenvalue weighted by Gasteiger charge is 2.29. The molecule has 1 N–H and O–H groups in total. The average molecular weight is 491 g/mol. The van der Waals surface area contributed by atoms with Crippen LogP contribution in [0.5, 0.6) is 5.75 Å². The predicted molar refractivity (Wildman–Crippen MR) is 135 cm³/mol. The van der Waals surface area contributed by atoms with Crippen molar-refractivity contribution in [3.05, 3.63) is 83.4 Å². The maximum absolute atomic E-state index is 13.2. The van der Waals surface area contributed by atoms with Crippen molar-refractivity contribution in [3.63, 3.8) is 0 Å². The average Bonchev–Trinajstić information content (AvgIpc) is 3.25. The molecule has 35 heavy (non-hydrogen) atoms. The Bertz CT molecular complexity index is 1410. The number of sulfonamides is 1. The fraction of sp³-hybridized carbons (Fsp3) is 0.222. The zero-order chi connectivity index (χ0) is 24.4. The molecule has 7 nitrogen and oxygen atoms in total. The van der Waals surface area contributed by atoms with Gasteiger partial charge in [0.1, 0.15) is 10.6 Å². The minimum Gasteiger partial charge on any atom is -0.495 e. The van der Waals surface area contributed by atoms with Crippen LogP contribution in [0.2, 0.25) is 0 Å². The molecule has 0 saturated carbocycles. The van der Waals surface area contributed by atoms with E-state index in [9.17, 15) is 13.2 Å². The van der Waals surface area contributed by atoms with Crippen molar-refractivity contribution in [2.24, 2.45) is 0 Å². The lowest BCUT2D eigenvalue weighted by molar-refractivity contribution is -0.111. The first-order valence-electron chi connectivity index (χ1n) is 11.4. The van der Waals surface area contributed by atoms with E-state index < -0.39 is 10.0 Å². The maximum atomic E-state index is 13.2. The zero-order valence-corrected chi connectivity index (χ0v) is 20.2. The van der Waals surface area contributed by atoms with Gasteiger partial charge in [-0.25, -0.2) is 8.42 Å². The minimum atomic E-state index is -3.75. The summed E-state index contributed by atoms with van der Waals surface area (Å²) in [5, 5.41) is 2.90. The fourth-order valence-corrected chi connectivity index (χ4v) is 6.10. The van der Waals surface area contributed by atoms with E-state index >= 15 is 0 Å². The summed E-state index contributed by atoms with van der Waals surface area (Å²) in [6, 6.07) is 19.1. The van der Waals surface area contributed by atoms with Crippen LogP contribution in [0, 0.1) is 0 Å². The number of anilines is 1. The van der Waals surface area contributed by atoms with E-state index in [-0.39, 0.29) is 16.6 Å². The van der Waals surface area contributed by atoms with Gasteiger partial charge < -0.3 is 14.8 Å². The van der Waals surface area contributed by atoms with Crippen molar-refractivity contribution in [1.29, 1.82) is 0 Å². The van der Waals surface area contributed by atoms with E-state index in [1.807, 2.05) is 30.3 Å². The number of benzene rings is 3. The number of carbonyl (C=O) groups excluding carboxylic acids is 1. The number of nitrogens with one attached hydrogen (secondary N) is 1. The number of carbonyl (C=O) groups is 1. The Morgan fingerprint density at radius 1 is 1.00 bits per heavy atom. The first kappa shape index (κ1) is 23.3. The van der Waals surface area contributed by atoms with Gasteiger partial charge in [0.2, 0.25) is 15.9 Å². The van der Waals surface area contributed by atoms with Gasteiger partial charge in [0.15, 0.2) is 0 Å². The zero-order valence-electron chi connectivity index (χ0n) is 19.4. The Morgan fingerprint density at radius 3 is 2.57 bits per heavy atom. The summed E-state index contributed by atoms with van der Waals surface area (Å²) < 4.78 is 38.3. The Morgan fingerprint density at radius 2 is 1.77 bits per heavy atom. The molecule has 1 aliphatic heterocycles. The van der Waals surface area contributed by atoms with Gasteiger partial charge in [0.05, 0.1) is 20.3 Å². The van der Waals surface area contributed by atoms with Crippen molar-refractivity contribution >= 4 is 27.7 Å². The van der Waals surface area contributed by atoms with Gasteiger partial charge in [0.25, 0.3) is 0 Å². The number of fused-ring (bicyclic) bond motifs is 3. The molecule has 180 valence electrons. The van der Waals surface area contributed by atoms with Crippen LogP contribution in [-0.4, -0.2) is 52.0 Å². The van der Waals surface area contributed by atoms with E-state index in [0.717, 1.165) is 12.1 Å². The summed E-state index contributed by atoms with van der Waals surface area (Å²) in [5.74, 6) is -0.0360. The van der Waals surface area contributed by atoms with Crippen molar-refractivity contribution in [3.8, 4) is 16.9 Å². The van der Waals surface area contributed by atoms with Gasteiger partial charge in [-0.15, -0.1) is 0 Å². The Balaban J connectivity index is 1.31. The molecule has 1 aliphatic carbocycles. The minimum absolute atomic E-state index is 0.0719. The first-order valence-corrected chi connectivity index (χ1v) is 12.9. The Labute approximate surface area is 205 Å². The van der Waals surface area contributed by atoms with E-state index in [2.05, 4.69) is 17.4 Å². The SMILES string of the molecule is COc1ccc(/C=C/C(=O)Nc2ccc3c(c2)Cc2ccccc2-3)cc1S(=O)(=O)N1CCOCC1. The summed E-state index contributed by atoms with van der Waals surface area (Å²) in [5.41, 5.74) is 6.20. The fourth-order valence-electron chi connectivity index (χ4n) is 4.50. The number of ether oxygens (including phenoxy) is 2. The monoisotopic (exact) mass is 490 g/mol. The molecule has 5 rings (SSSR count). The van der Waals surface area contributed by atoms with Crippen molar-refractivity contribution in [2.45, 2.75) is 11.3 Å². The summed E-state index contributed by atoms with van der Waals surface area (Å²) in [7, 11) is -2.31. The van der Waals surface area contributed by atoms with Gasteiger partial charge in [-0.1, -0.05) is 36.4 Å². The molecule has 0 spiro atoms. The number of methoxy groups -OCH3 is 1. The smallest absolute Gasteiger partial charge is 0.248 e. The van der Waals surface area contributed by atoms with Gasteiger partial charge >= 0.3 is 0 Å². The van der Waals surface area contributed by atoms with Crippen LogP contribution in [0.3, 0.4) is 0 Å². The summed E-state index contributed by atoms with van der Waals surface area (Å²) >= 11 is 0. The number of rotatable bonds is 6. The van der Waals surface area contributed by atoms with E-state index in [0.29, 0.717) is 31.9 Å². The number of amides is 1. The molecule has 0 bridgehead atoms. The molecule has 1 amide bonds. The number of morpholine rings is 1. The van der Waals surface area contributed by atoms with Crippen LogP contribution in [-0.2, 0) is 26.0 Å². The molecule has 0 radical (unpaired) electrons. The molecular formula is C27H26N2O5S. The van der Waals surface area contributed by atoms with Crippen LogP contribution in [0.4, 0.5) is 5.69 Å². The largest absolute Gasteiger partial charge is 0.495 e. The molecule has 3 aromatic carbocycles. The summed E-state index contributed by atoms with van der Waals surface area (Å²) in [4.78, 5) is 12.7. The third-order valence-corrected chi connectivity index (χ3v) is 8.18. The van der Waals surface area contributed by atoms with Gasteiger partial charge in [-0.2, -0.15) is 4.31 Å². The second-order valence-electron chi connectivity index (χ2n) is 8.46. The highest BCUT2D eigenvalue weighted by molar-refractivity contribution is 7.89. The van der Waals surface area contributed by atoms with Gasteiger partial charge in [-0.05, 0) is 64.6 Å². The number of hydrogen-bond donors (Lipinski definition) is 1. The van der Waals surface area contributed by atoms with Gasteiger partial charge in [0, 0.05) is 24.9 Å². The van der Waals surface area contributed by atoms with Gasteiger partial charge in [-0.3, -0.25) is 4.79 Å². The highest BCUT2D eigenvalue weighted by atomic mass is 32.2. The normalized spacial score (nSPS) is 15.6. The molecule has 1 saturated heterocycles. The Kier molecular flexibility index (Phi) is 6.42. The third kappa shape index (κ3) is 4.73. The van der Waals surface area contributed by atoms with Crippen molar-refractivity contribution in [2.75, 3.05) is 38.7 Å². The van der Waals surface area contributed by atoms with E-state index in [1.54, 1.807) is 18.2 Å². The number of hydrogen-bond acceptors (Lipinski definition) is 5. The molecule has 3 aromatic rings. The second kappa shape index (κ2) is 9.65. The molecule has 0 unspecified atom stereocenters. The first-order chi connectivity index (χ1) is 17.0. The lowest BCUT2D eigenvalue weighted by Crippen LogP contribution is -2.40. The van der Waals surface area contributed by atoms with E-state index in [1.165, 1.54) is 45.8 Å². The molecule has 1 fully saturated rings.